The Balaban J connectivity index is 2.31. The van der Waals surface area contributed by atoms with Gasteiger partial charge in [0.2, 0.25) is 0 Å². The molecule has 2 rings (SSSR count). The highest BCUT2D eigenvalue weighted by molar-refractivity contribution is 5.59. The van der Waals surface area contributed by atoms with Crippen LogP contribution in [0.2, 0.25) is 0 Å². The topological polar surface area (TPSA) is 102 Å². The Labute approximate surface area is 97.9 Å². The number of aromatic hydroxyl groups is 2. The summed E-state index contributed by atoms with van der Waals surface area (Å²) in [5.41, 5.74) is 11.8. The second-order valence-electron chi connectivity index (χ2n) is 3.54. The molecule has 0 aliphatic carbocycles. The zero-order valence-electron chi connectivity index (χ0n) is 8.92. The zero-order chi connectivity index (χ0) is 12.4. The van der Waals surface area contributed by atoms with Gasteiger partial charge in [0, 0.05) is 12.1 Å². The van der Waals surface area contributed by atoms with Gasteiger partial charge in [-0.05, 0) is 24.3 Å². The lowest BCUT2D eigenvalue weighted by Gasteiger charge is -2.09. The van der Waals surface area contributed by atoms with E-state index in [4.69, 9.17) is 16.2 Å². The van der Waals surface area contributed by atoms with Crippen LogP contribution in [0.5, 0.6) is 23.0 Å². The predicted octanol–water partition coefficient (Wildman–Crippen LogP) is 2.05. The third-order valence-corrected chi connectivity index (χ3v) is 2.23. The molecule has 0 atom stereocenters. The van der Waals surface area contributed by atoms with E-state index in [2.05, 4.69) is 0 Å². The fourth-order valence-electron chi connectivity index (χ4n) is 1.33. The van der Waals surface area contributed by atoms with E-state index in [0.29, 0.717) is 17.2 Å². The lowest BCUT2D eigenvalue weighted by Crippen LogP contribution is -1.92. The van der Waals surface area contributed by atoms with Gasteiger partial charge in [-0.2, -0.15) is 0 Å². The van der Waals surface area contributed by atoms with Gasteiger partial charge in [0.1, 0.15) is 17.2 Å². The maximum atomic E-state index is 9.42. The Morgan fingerprint density at radius 1 is 0.882 bits per heavy atom. The molecule has 0 saturated carbocycles. The van der Waals surface area contributed by atoms with Crippen LogP contribution in [0, 0.1) is 0 Å². The lowest BCUT2D eigenvalue weighted by atomic mass is 10.2. The molecular formula is C12H12N2O3. The maximum Gasteiger partial charge on any atom is 0.153 e. The molecule has 2 aromatic carbocycles. The van der Waals surface area contributed by atoms with E-state index >= 15 is 0 Å². The number of phenols is 2. The summed E-state index contributed by atoms with van der Waals surface area (Å²) >= 11 is 0. The summed E-state index contributed by atoms with van der Waals surface area (Å²) in [6, 6.07) is 8.87. The molecule has 0 heterocycles. The highest BCUT2D eigenvalue weighted by Gasteiger charge is 2.05. The molecule has 5 heteroatoms. The lowest BCUT2D eigenvalue weighted by molar-refractivity contribution is 0.448. The van der Waals surface area contributed by atoms with Crippen LogP contribution in [0.1, 0.15) is 0 Å². The normalized spacial score (nSPS) is 10.1. The Hall–Kier alpha value is -2.56. The van der Waals surface area contributed by atoms with Crippen molar-refractivity contribution in [3.8, 4) is 23.0 Å². The summed E-state index contributed by atoms with van der Waals surface area (Å²) in [6.07, 6.45) is 0. The summed E-state index contributed by atoms with van der Waals surface area (Å²) in [7, 11) is 0. The van der Waals surface area contributed by atoms with Crippen LogP contribution in [-0.4, -0.2) is 10.2 Å². The fraction of sp³-hybridized carbons (Fsp3) is 0. The van der Waals surface area contributed by atoms with E-state index in [1.807, 2.05) is 0 Å². The minimum atomic E-state index is -0.0683. The molecular weight excluding hydrogens is 220 g/mol. The first-order valence-corrected chi connectivity index (χ1v) is 4.91. The number of nitrogens with two attached hydrogens (primary N) is 2. The molecule has 0 amide bonds. The summed E-state index contributed by atoms with van der Waals surface area (Å²) < 4.78 is 5.43. The van der Waals surface area contributed by atoms with Crippen molar-refractivity contribution in [1.82, 2.24) is 0 Å². The van der Waals surface area contributed by atoms with Crippen LogP contribution in [0.25, 0.3) is 0 Å². The molecule has 88 valence electrons. The van der Waals surface area contributed by atoms with E-state index in [9.17, 15) is 10.2 Å². The summed E-state index contributed by atoms with van der Waals surface area (Å²) in [4.78, 5) is 0. The number of ether oxygens (including phenoxy) is 1. The van der Waals surface area contributed by atoms with Gasteiger partial charge in [-0.3, -0.25) is 0 Å². The van der Waals surface area contributed by atoms with E-state index in [1.165, 1.54) is 30.3 Å². The van der Waals surface area contributed by atoms with Crippen molar-refractivity contribution in [3.63, 3.8) is 0 Å². The Kier molecular flexibility index (Phi) is 2.66. The van der Waals surface area contributed by atoms with Crippen molar-refractivity contribution in [2.75, 3.05) is 11.5 Å². The minimum absolute atomic E-state index is 0.0499. The Morgan fingerprint density at radius 3 is 2.29 bits per heavy atom. The fourth-order valence-corrected chi connectivity index (χ4v) is 1.33. The molecule has 0 unspecified atom stereocenters. The second-order valence-corrected chi connectivity index (χ2v) is 3.54. The molecule has 0 radical (unpaired) electrons. The van der Waals surface area contributed by atoms with Gasteiger partial charge < -0.3 is 26.4 Å². The Bertz CT molecular complexity index is 555. The average molecular weight is 232 g/mol. The largest absolute Gasteiger partial charge is 0.508 e. The number of phenolic OH excluding ortho intramolecular Hbond substituents is 2. The van der Waals surface area contributed by atoms with Gasteiger partial charge in [-0.1, -0.05) is 0 Å². The third kappa shape index (κ3) is 2.34. The number of nitrogen functional groups attached to an aromatic ring is 2. The molecule has 0 aliphatic heterocycles. The molecule has 0 spiro atoms. The van der Waals surface area contributed by atoms with Crippen molar-refractivity contribution in [1.29, 1.82) is 0 Å². The molecule has 0 saturated heterocycles. The first-order chi connectivity index (χ1) is 8.06. The van der Waals surface area contributed by atoms with Crippen LogP contribution in [0.4, 0.5) is 11.4 Å². The Morgan fingerprint density at radius 2 is 1.59 bits per heavy atom. The standard InChI is InChI=1S/C12H12N2O3/c13-9-4-2-8(6-11(9)16)17-12-5-7(15)1-3-10(12)14/h1-6,15-16H,13-14H2. The van der Waals surface area contributed by atoms with Crippen molar-refractivity contribution in [2.24, 2.45) is 0 Å². The van der Waals surface area contributed by atoms with E-state index < -0.39 is 0 Å². The van der Waals surface area contributed by atoms with Gasteiger partial charge in [0.25, 0.3) is 0 Å². The SMILES string of the molecule is Nc1ccc(Oc2cc(O)ccc2N)cc1O. The molecule has 6 N–H and O–H groups in total. The zero-order valence-corrected chi connectivity index (χ0v) is 8.92. The predicted molar refractivity (Wildman–Crippen MR) is 65.1 cm³/mol. The third-order valence-electron chi connectivity index (χ3n) is 2.23. The monoisotopic (exact) mass is 232 g/mol. The van der Waals surface area contributed by atoms with Gasteiger partial charge in [-0.15, -0.1) is 0 Å². The van der Waals surface area contributed by atoms with Gasteiger partial charge >= 0.3 is 0 Å². The van der Waals surface area contributed by atoms with Crippen molar-refractivity contribution in [3.05, 3.63) is 36.4 Å². The van der Waals surface area contributed by atoms with Gasteiger partial charge in [-0.25, -0.2) is 0 Å². The quantitative estimate of drug-likeness (QED) is 0.360. The van der Waals surface area contributed by atoms with Crippen LogP contribution >= 0.6 is 0 Å². The summed E-state index contributed by atoms with van der Waals surface area (Å²) in [6.45, 7) is 0. The molecule has 5 nitrogen and oxygen atoms in total. The molecule has 17 heavy (non-hydrogen) atoms. The molecule has 0 aromatic heterocycles. The number of hydrogen-bond acceptors (Lipinski definition) is 5. The molecule has 0 bridgehead atoms. The number of benzene rings is 2. The van der Waals surface area contributed by atoms with Crippen LogP contribution < -0.4 is 16.2 Å². The summed E-state index contributed by atoms with van der Waals surface area (Å²) in [5.74, 6) is 0.679. The summed E-state index contributed by atoms with van der Waals surface area (Å²) in [5, 5.41) is 18.7. The van der Waals surface area contributed by atoms with Crippen molar-refractivity contribution < 1.29 is 14.9 Å². The molecule has 2 aromatic rings. The van der Waals surface area contributed by atoms with Crippen LogP contribution in [-0.2, 0) is 0 Å². The average Bonchev–Trinajstić information content (AvgIpc) is 2.29. The van der Waals surface area contributed by atoms with Gasteiger partial charge in [0.15, 0.2) is 5.75 Å². The second kappa shape index (κ2) is 4.13. The van der Waals surface area contributed by atoms with E-state index in [1.54, 1.807) is 6.07 Å². The first kappa shape index (κ1) is 10.9. The van der Waals surface area contributed by atoms with Gasteiger partial charge in [0.05, 0.1) is 11.4 Å². The highest BCUT2D eigenvalue weighted by atomic mass is 16.5. The van der Waals surface area contributed by atoms with Crippen molar-refractivity contribution >= 4 is 11.4 Å². The number of hydrogen-bond donors (Lipinski definition) is 4. The first-order valence-electron chi connectivity index (χ1n) is 4.91. The highest BCUT2D eigenvalue weighted by Crippen LogP contribution is 2.33. The molecule has 0 fully saturated rings. The van der Waals surface area contributed by atoms with E-state index in [0.717, 1.165) is 0 Å². The van der Waals surface area contributed by atoms with Crippen LogP contribution in [0.3, 0.4) is 0 Å². The minimum Gasteiger partial charge on any atom is -0.508 e. The number of rotatable bonds is 2. The molecule has 0 aliphatic rings. The maximum absolute atomic E-state index is 9.42. The van der Waals surface area contributed by atoms with Crippen molar-refractivity contribution in [2.45, 2.75) is 0 Å². The smallest absolute Gasteiger partial charge is 0.153 e. The van der Waals surface area contributed by atoms with E-state index in [-0.39, 0.29) is 17.2 Å². The number of anilines is 2. The van der Waals surface area contributed by atoms with Crippen LogP contribution in [0.15, 0.2) is 36.4 Å².